The molecule has 1 aromatic carbocycles. The van der Waals surface area contributed by atoms with Crippen LogP contribution in [0, 0.1) is 0 Å². The SMILES string of the molecule is C=C[n+]1c(C(C)C)cc(-c2ccccc2)cc1C(C)C.F[B-](F)(F)F. The van der Waals surface area contributed by atoms with Crippen molar-refractivity contribution < 1.29 is 21.8 Å². The molecule has 136 valence electrons. The lowest BCUT2D eigenvalue weighted by molar-refractivity contribution is -0.588. The van der Waals surface area contributed by atoms with Gasteiger partial charge in [-0.2, -0.15) is 4.57 Å². The average Bonchev–Trinajstić information content (AvgIpc) is 2.52. The van der Waals surface area contributed by atoms with Gasteiger partial charge < -0.3 is 17.3 Å². The Kier molecular flexibility index (Phi) is 7.40. The third kappa shape index (κ3) is 6.73. The predicted molar refractivity (Wildman–Crippen MR) is 96.8 cm³/mol. The van der Waals surface area contributed by atoms with Gasteiger partial charge in [0.1, 0.15) is 0 Å². The van der Waals surface area contributed by atoms with E-state index in [1.54, 1.807) is 0 Å². The number of rotatable bonds is 4. The lowest BCUT2D eigenvalue weighted by Crippen LogP contribution is -2.37. The molecule has 1 aromatic heterocycles. The van der Waals surface area contributed by atoms with Crippen LogP contribution in [0.15, 0.2) is 49.0 Å². The van der Waals surface area contributed by atoms with E-state index < -0.39 is 7.25 Å². The molecule has 0 amide bonds. The summed E-state index contributed by atoms with van der Waals surface area (Å²) in [5.41, 5.74) is 5.18. The molecule has 0 saturated heterocycles. The molecule has 1 heterocycles. The van der Waals surface area contributed by atoms with Crippen molar-refractivity contribution in [2.45, 2.75) is 39.5 Å². The zero-order valence-corrected chi connectivity index (χ0v) is 15.0. The first kappa shape index (κ1) is 20.9. The molecule has 0 aliphatic heterocycles. The highest BCUT2D eigenvalue weighted by molar-refractivity contribution is 6.50. The molecule has 1 nitrogen and oxygen atoms in total. The van der Waals surface area contributed by atoms with Crippen LogP contribution in [-0.2, 0) is 0 Å². The molecular weight excluding hydrogens is 329 g/mol. The molecule has 2 rings (SSSR count). The third-order valence-corrected chi connectivity index (χ3v) is 3.64. The molecule has 0 saturated carbocycles. The summed E-state index contributed by atoms with van der Waals surface area (Å²) in [4.78, 5) is 0. The Morgan fingerprint density at radius 1 is 0.840 bits per heavy atom. The molecule has 0 radical (unpaired) electrons. The van der Waals surface area contributed by atoms with Gasteiger partial charge in [-0.3, -0.25) is 0 Å². The van der Waals surface area contributed by atoms with Crippen molar-refractivity contribution in [2.24, 2.45) is 0 Å². The highest BCUT2D eigenvalue weighted by Crippen LogP contribution is 2.25. The first-order valence-corrected chi connectivity index (χ1v) is 8.19. The molecule has 0 aliphatic carbocycles. The maximum Gasteiger partial charge on any atom is 0.673 e. The van der Waals surface area contributed by atoms with Crippen LogP contribution in [0.25, 0.3) is 17.3 Å². The molecule has 0 atom stereocenters. The number of benzene rings is 1. The van der Waals surface area contributed by atoms with Crippen molar-refractivity contribution in [3.05, 3.63) is 60.4 Å². The normalized spacial score (nSPS) is 11.3. The fraction of sp³-hybridized carbons (Fsp3) is 0.316. The van der Waals surface area contributed by atoms with E-state index in [2.05, 4.69) is 81.3 Å². The molecule has 2 aromatic rings. The van der Waals surface area contributed by atoms with E-state index in [0.29, 0.717) is 11.8 Å². The van der Waals surface area contributed by atoms with Gasteiger partial charge in [0.25, 0.3) is 0 Å². The lowest BCUT2D eigenvalue weighted by Gasteiger charge is -2.13. The zero-order valence-electron chi connectivity index (χ0n) is 15.0. The first-order valence-electron chi connectivity index (χ1n) is 8.19. The summed E-state index contributed by atoms with van der Waals surface area (Å²) in [5, 5.41) is 0. The minimum absolute atomic E-state index is 0.467. The Hall–Kier alpha value is -2.11. The molecule has 25 heavy (non-hydrogen) atoms. The minimum atomic E-state index is -6.00. The largest absolute Gasteiger partial charge is 0.673 e. The van der Waals surface area contributed by atoms with Crippen molar-refractivity contribution >= 4 is 13.5 Å². The highest BCUT2D eigenvalue weighted by Gasteiger charge is 2.22. The minimum Gasteiger partial charge on any atom is -0.418 e. The monoisotopic (exact) mass is 353 g/mol. The summed E-state index contributed by atoms with van der Waals surface area (Å²) in [5.74, 6) is 0.934. The maximum absolute atomic E-state index is 9.75. The van der Waals surface area contributed by atoms with Crippen LogP contribution >= 0.6 is 0 Å². The highest BCUT2D eigenvalue weighted by atomic mass is 19.5. The second-order valence-corrected chi connectivity index (χ2v) is 6.32. The topological polar surface area (TPSA) is 3.88 Å². The van der Waals surface area contributed by atoms with E-state index >= 15 is 0 Å². The standard InChI is InChI=1S/C19H24N.BF4/c1-6-20-18(14(2)3)12-17(13-19(20)15(4)5)16-10-8-7-9-11-16;2-1(3,4)5/h6-15H,1H2,2-5H3;/q+1;-1. The maximum atomic E-state index is 9.75. The summed E-state index contributed by atoms with van der Waals surface area (Å²) in [7, 11) is -6.00. The quantitative estimate of drug-likeness (QED) is 0.346. The Morgan fingerprint density at radius 2 is 1.24 bits per heavy atom. The van der Waals surface area contributed by atoms with Gasteiger partial charge in [-0.15, -0.1) is 0 Å². The lowest BCUT2D eigenvalue weighted by atomic mass is 9.97. The van der Waals surface area contributed by atoms with Crippen molar-refractivity contribution in [1.29, 1.82) is 0 Å². The second-order valence-electron chi connectivity index (χ2n) is 6.32. The van der Waals surface area contributed by atoms with Crippen LogP contribution in [-0.4, -0.2) is 7.25 Å². The van der Waals surface area contributed by atoms with Gasteiger partial charge in [0.2, 0.25) is 0 Å². The molecular formula is C19H24BF4N. The van der Waals surface area contributed by atoms with E-state index in [4.69, 9.17) is 0 Å². The van der Waals surface area contributed by atoms with Gasteiger partial charge in [0, 0.05) is 24.0 Å². The van der Waals surface area contributed by atoms with Crippen molar-refractivity contribution in [1.82, 2.24) is 0 Å². The summed E-state index contributed by atoms with van der Waals surface area (Å²) < 4.78 is 41.2. The van der Waals surface area contributed by atoms with Crippen LogP contribution in [0.1, 0.15) is 50.9 Å². The van der Waals surface area contributed by atoms with E-state index in [9.17, 15) is 17.3 Å². The number of hydrogen-bond acceptors (Lipinski definition) is 0. The Bertz CT molecular complexity index is 659. The number of halogens is 4. The summed E-state index contributed by atoms with van der Waals surface area (Å²) in [6.45, 7) is 12.9. The summed E-state index contributed by atoms with van der Waals surface area (Å²) >= 11 is 0. The van der Waals surface area contributed by atoms with Crippen LogP contribution in [0.3, 0.4) is 0 Å². The number of aromatic nitrogens is 1. The average molecular weight is 353 g/mol. The zero-order chi connectivity index (χ0) is 19.2. The third-order valence-electron chi connectivity index (χ3n) is 3.64. The van der Waals surface area contributed by atoms with Gasteiger partial charge in [0.05, 0.1) is 0 Å². The van der Waals surface area contributed by atoms with E-state index in [-0.39, 0.29) is 0 Å². The molecule has 0 N–H and O–H groups in total. The predicted octanol–water partition coefficient (Wildman–Crippen LogP) is 6.29. The Morgan fingerprint density at radius 3 is 1.56 bits per heavy atom. The second kappa shape index (κ2) is 8.83. The molecule has 0 fully saturated rings. The van der Waals surface area contributed by atoms with Gasteiger partial charge in [-0.05, 0) is 17.7 Å². The summed E-state index contributed by atoms with van der Waals surface area (Å²) in [6.07, 6.45) is 1.93. The van der Waals surface area contributed by atoms with E-state index in [1.165, 1.54) is 22.5 Å². The Balaban J connectivity index is 0.000000550. The molecule has 0 spiro atoms. The van der Waals surface area contributed by atoms with Gasteiger partial charge in [0.15, 0.2) is 17.6 Å². The molecule has 0 unspecified atom stereocenters. The van der Waals surface area contributed by atoms with Crippen molar-refractivity contribution in [3.8, 4) is 11.1 Å². The Labute approximate surface area is 147 Å². The fourth-order valence-electron chi connectivity index (χ4n) is 2.55. The first-order chi connectivity index (χ1) is 11.5. The fourth-order valence-corrected chi connectivity index (χ4v) is 2.55. The number of hydrogen-bond donors (Lipinski definition) is 0. The molecule has 0 bridgehead atoms. The molecule has 6 heteroatoms. The van der Waals surface area contributed by atoms with Gasteiger partial charge in [-0.25, -0.2) is 0 Å². The van der Waals surface area contributed by atoms with Crippen LogP contribution in [0.4, 0.5) is 17.3 Å². The van der Waals surface area contributed by atoms with E-state index in [1.807, 2.05) is 6.20 Å². The smallest absolute Gasteiger partial charge is 0.418 e. The number of nitrogens with zero attached hydrogens (tertiary/aromatic N) is 1. The van der Waals surface area contributed by atoms with Crippen LogP contribution in [0.2, 0.25) is 0 Å². The van der Waals surface area contributed by atoms with Crippen LogP contribution < -0.4 is 4.57 Å². The van der Waals surface area contributed by atoms with Crippen LogP contribution in [0.5, 0.6) is 0 Å². The van der Waals surface area contributed by atoms with Crippen molar-refractivity contribution in [2.75, 3.05) is 0 Å². The van der Waals surface area contributed by atoms with Crippen molar-refractivity contribution in [3.63, 3.8) is 0 Å². The number of pyridine rings is 1. The van der Waals surface area contributed by atoms with E-state index in [0.717, 1.165) is 0 Å². The molecule has 0 aliphatic rings. The van der Waals surface area contributed by atoms with Gasteiger partial charge in [-0.1, -0.05) is 58.0 Å². The van der Waals surface area contributed by atoms with Gasteiger partial charge >= 0.3 is 7.25 Å². The summed E-state index contributed by atoms with van der Waals surface area (Å²) in [6, 6.07) is 15.1.